The molecule has 1 rings (SSSR count). The largest absolute Gasteiger partial charge is 0.628 e. The van der Waals surface area contributed by atoms with E-state index in [1.165, 1.54) is 6.07 Å². The van der Waals surface area contributed by atoms with Crippen LogP contribution in [0.2, 0.25) is 0 Å². The molecule has 1 aromatic heterocycles. The Kier molecular flexibility index (Phi) is 2.06. The highest BCUT2D eigenvalue weighted by Crippen LogP contribution is 2.00. The smallest absolute Gasteiger partial charge is 0.149 e. The highest BCUT2D eigenvalue weighted by Gasteiger charge is 1.94. The van der Waals surface area contributed by atoms with Crippen LogP contribution in [0.1, 0.15) is 6.92 Å². The summed E-state index contributed by atoms with van der Waals surface area (Å²) in [5.41, 5.74) is 0.238. The SMILES string of the molecule is CCn1ccc([NH+]([O-])[O-])c1. The van der Waals surface area contributed by atoms with Crippen LogP contribution < -0.4 is 5.23 Å². The molecule has 0 saturated heterocycles. The zero-order valence-electron chi connectivity index (χ0n) is 5.70. The zero-order chi connectivity index (χ0) is 7.56. The summed E-state index contributed by atoms with van der Waals surface area (Å²) in [5.74, 6) is 0. The molecular weight excluding hydrogens is 132 g/mol. The van der Waals surface area contributed by atoms with Crippen molar-refractivity contribution in [1.82, 2.24) is 4.57 Å². The van der Waals surface area contributed by atoms with E-state index < -0.39 is 5.23 Å². The van der Waals surface area contributed by atoms with Crippen LogP contribution in [0, 0.1) is 10.4 Å². The number of quaternary nitrogens is 1. The second-order valence-corrected chi connectivity index (χ2v) is 2.02. The van der Waals surface area contributed by atoms with Gasteiger partial charge >= 0.3 is 0 Å². The Labute approximate surface area is 58.8 Å². The number of aromatic nitrogens is 1. The lowest BCUT2D eigenvalue weighted by atomic mass is 10.6. The minimum atomic E-state index is -1.12. The molecule has 1 N–H and O–H groups in total. The van der Waals surface area contributed by atoms with Gasteiger partial charge in [0.1, 0.15) is 5.69 Å². The molecule has 0 unspecified atom stereocenters. The van der Waals surface area contributed by atoms with E-state index in [2.05, 4.69) is 0 Å². The zero-order valence-corrected chi connectivity index (χ0v) is 5.70. The van der Waals surface area contributed by atoms with Crippen LogP contribution in [-0.2, 0) is 6.54 Å². The Bertz CT molecular complexity index is 207. The summed E-state index contributed by atoms with van der Waals surface area (Å²) in [6.07, 6.45) is 3.26. The molecule has 4 nitrogen and oxygen atoms in total. The average molecular weight is 141 g/mol. The van der Waals surface area contributed by atoms with Gasteiger partial charge in [0.05, 0.1) is 6.20 Å². The first kappa shape index (κ1) is 7.27. The highest BCUT2D eigenvalue weighted by molar-refractivity contribution is 5.25. The maximum Gasteiger partial charge on any atom is 0.149 e. The average Bonchev–Trinajstić information content (AvgIpc) is 2.34. The Morgan fingerprint density at radius 1 is 1.60 bits per heavy atom. The third-order valence-electron chi connectivity index (χ3n) is 1.35. The van der Waals surface area contributed by atoms with Crippen LogP contribution in [0.3, 0.4) is 0 Å². The van der Waals surface area contributed by atoms with E-state index in [-0.39, 0.29) is 5.69 Å². The highest BCUT2D eigenvalue weighted by atomic mass is 16.8. The van der Waals surface area contributed by atoms with Gasteiger partial charge in [-0.05, 0) is 6.92 Å². The van der Waals surface area contributed by atoms with Gasteiger partial charge in [-0.1, -0.05) is 0 Å². The summed E-state index contributed by atoms with van der Waals surface area (Å²) in [5, 5.41) is 19.3. The Morgan fingerprint density at radius 3 is 2.60 bits per heavy atom. The summed E-state index contributed by atoms with van der Waals surface area (Å²) >= 11 is 0. The van der Waals surface area contributed by atoms with Crippen molar-refractivity contribution >= 4 is 5.69 Å². The van der Waals surface area contributed by atoms with E-state index in [1.54, 1.807) is 17.0 Å². The molecule has 4 heteroatoms. The fraction of sp³-hybridized carbons (Fsp3) is 0.333. The fourth-order valence-electron chi connectivity index (χ4n) is 0.758. The van der Waals surface area contributed by atoms with Gasteiger partial charge in [0.25, 0.3) is 0 Å². The molecule has 56 valence electrons. The summed E-state index contributed by atoms with van der Waals surface area (Å²) in [4.78, 5) is 0. The van der Waals surface area contributed by atoms with Crippen LogP contribution in [0.25, 0.3) is 0 Å². The van der Waals surface area contributed by atoms with E-state index in [1.807, 2.05) is 6.92 Å². The van der Waals surface area contributed by atoms with Gasteiger partial charge in [0, 0.05) is 18.8 Å². The predicted octanol–water partition coefficient (Wildman–Crippen LogP) is 0.0200. The number of hydrogen-bond donors (Lipinski definition) is 1. The molecule has 0 spiro atoms. The molecule has 0 bridgehead atoms. The third-order valence-corrected chi connectivity index (χ3v) is 1.35. The van der Waals surface area contributed by atoms with E-state index in [0.717, 1.165) is 6.54 Å². The molecule has 1 heterocycles. The van der Waals surface area contributed by atoms with E-state index in [4.69, 9.17) is 0 Å². The second kappa shape index (κ2) is 2.83. The molecule has 0 fully saturated rings. The van der Waals surface area contributed by atoms with Crippen molar-refractivity contribution in [3.8, 4) is 0 Å². The minimum Gasteiger partial charge on any atom is -0.628 e. The number of rotatable bonds is 2. The van der Waals surface area contributed by atoms with Crippen LogP contribution in [0.15, 0.2) is 18.5 Å². The third kappa shape index (κ3) is 1.36. The van der Waals surface area contributed by atoms with Gasteiger partial charge in [-0.3, -0.25) is 0 Å². The number of hydrogen-bond acceptors (Lipinski definition) is 2. The molecule has 0 aliphatic heterocycles. The number of aryl methyl sites for hydroxylation is 1. The van der Waals surface area contributed by atoms with Gasteiger partial charge in [-0.2, -0.15) is 0 Å². The normalized spacial score (nSPS) is 10.8. The van der Waals surface area contributed by atoms with Crippen molar-refractivity contribution in [3.05, 3.63) is 28.9 Å². The standard InChI is InChI=1S/C6H9N2O2/c1-2-7-4-3-6(5-7)8(9)10/h3-5,8H,2H2,1H3/q-1. The van der Waals surface area contributed by atoms with Gasteiger partial charge < -0.3 is 20.2 Å². The lowest BCUT2D eigenvalue weighted by Gasteiger charge is -2.22. The van der Waals surface area contributed by atoms with Crippen LogP contribution >= 0.6 is 0 Å². The van der Waals surface area contributed by atoms with Crippen molar-refractivity contribution in [2.75, 3.05) is 0 Å². The second-order valence-electron chi connectivity index (χ2n) is 2.02. The first-order valence-electron chi connectivity index (χ1n) is 3.11. The number of nitrogens with zero attached hydrogens (tertiary/aromatic N) is 1. The molecule has 0 radical (unpaired) electrons. The summed E-state index contributed by atoms with van der Waals surface area (Å²) in [7, 11) is 0. The monoisotopic (exact) mass is 141 g/mol. The quantitative estimate of drug-likeness (QED) is 0.590. The Morgan fingerprint density at radius 2 is 2.30 bits per heavy atom. The fourth-order valence-corrected chi connectivity index (χ4v) is 0.758. The number of nitrogens with one attached hydrogen (secondary N) is 1. The molecule has 10 heavy (non-hydrogen) atoms. The molecule has 0 amide bonds. The summed E-state index contributed by atoms with van der Waals surface area (Å²) < 4.78 is 1.78. The maximum atomic E-state index is 10.2. The lowest BCUT2D eigenvalue weighted by Crippen LogP contribution is -2.96. The molecule has 0 atom stereocenters. The first-order valence-corrected chi connectivity index (χ1v) is 3.11. The van der Waals surface area contributed by atoms with Crippen LogP contribution in [0.4, 0.5) is 5.69 Å². The molecule has 0 saturated carbocycles. The van der Waals surface area contributed by atoms with Gasteiger partial charge in [0.15, 0.2) is 0 Å². The Balaban J connectivity index is 2.78. The van der Waals surface area contributed by atoms with E-state index >= 15 is 0 Å². The topological polar surface area (TPSA) is 55.5 Å². The van der Waals surface area contributed by atoms with Crippen molar-refractivity contribution in [2.24, 2.45) is 0 Å². The van der Waals surface area contributed by atoms with Crippen LogP contribution in [0.5, 0.6) is 0 Å². The summed E-state index contributed by atoms with van der Waals surface area (Å²) in [6.45, 7) is 2.73. The van der Waals surface area contributed by atoms with Gasteiger partial charge in [0.2, 0.25) is 0 Å². The molecular formula is C6H9N2O2-. The predicted molar refractivity (Wildman–Crippen MR) is 37.5 cm³/mol. The molecule has 0 aromatic carbocycles. The van der Waals surface area contributed by atoms with Crippen molar-refractivity contribution in [2.45, 2.75) is 13.5 Å². The van der Waals surface area contributed by atoms with Crippen molar-refractivity contribution in [3.63, 3.8) is 0 Å². The lowest BCUT2D eigenvalue weighted by molar-refractivity contribution is -0.715. The molecule has 1 aromatic rings. The van der Waals surface area contributed by atoms with Gasteiger partial charge in [-0.25, -0.2) is 0 Å². The summed E-state index contributed by atoms with van der Waals surface area (Å²) in [6, 6.07) is 1.53. The maximum absolute atomic E-state index is 10.2. The Hall–Kier alpha value is -0.840. The first-order chi connectivity index (χ1) is 4.74. The van der Waals surface area contributed by atoms with E-state index in [0.29, 0.717) is 0 Å². The van der Waals surface area contributed by atoms with Crippen molar-refractivity contribution < 1.29 is 5.23 Å². The van der Waals surface area contributed by atoms with Crippen LogP contribution in [-0.4, -0.2) is 4.57 Å². The van der Waals surface area contributed by atoms with Gasteiger partial charge in [-0.15, -0.1) is 0 Å². The molecule has 0 aliphatic rings. The van der Waals surface area contributed by atoms with Crippen molar-refractivity contribution in [1.29, 1.82) is 0 Å². The minimum absolute atomic E-state index is 0.238. The van der Waals surface area contributed by atoms with E-state index in [9.17, 15) is 10.4 Å². The molecule has 0 aliphatic carbocycles.